The van der Waals surface area contributed by atoms with Crippen molar-refractivity contribution < 1.29 is 27.4 Å². The summed E-state index contributed by atoms with van der Waals surface area (Å²) >= 11 is 0. The summed E-state index contributed by atoms with van der Waals surface area (Å²) in [6.07, 6.45) is 0.727. The van der Waals surface area contributed by atoms with E-state index in [1.807, 2.05) is 19.1 Å². The largest absolute Gasteiger partial charge is 0.490 e. The summed E-state index contributed by atoms with van der Waals surface area (Å²) < 4.78 is 59.2. The lowest BCUT2D eigenvalue weighted by atomic mass is 10.0. The first-order chi connectivity index (χ1) is 21.6. The van der Waals surface area contributed by atoms with E-state index in [-0.39, 0.29) is 11.9 Å². The van der Waals surface area contributed by atoms with Gasteiger partial charge in [-0.2, -0.15) is 18.3 Å². The van der Waals surface area contributed by atoms with Crippen molar-refractivity contribution in [2.75, 3.05) is 51.8 Å². The van der Waals surface area contributed by atoms with E-state index >= 15 is 0 Å². The van der Waals surface area contributed by atoms with Crippen LogP contribution in [-0.4, -0.2) is 93.3 Å². The molecule has 1 fully saturated rings. The lowest BCUT2D eigenvalue weighted by Gasteiger charge is -2.32. The molecule has 6 rings (SSSR count). The first-order valence-corrected chi connectivity index (χ1v) is 14.8. The Labute approximate surface area is 259 Å². The normalized spacial score (nSPS) is 17.8. The molecule has 5 heterocycles. The van der Waals surface area contributed by atoms with E-state index in [2.05, 4.69) is 42.2 Å². The minimum Gasteiger partial charge on any atom is -0.490 e. The zero-order valence-corrected chi connectivity index (χ0v) is 25.3. The number of aromatic nitrogens is 5. The van der Waals surface area contributed by atoms with E-state index in [0.29, 0.717) is 70.9 Å². The summed E-state index contributed by atoms with van der Waals surface area (Å²) in [6, 6.07) is 8.81. The molecule has 2 aliphatic rings. The molecule has 4 aromatic rings. The van der Waals surface area contributed by atoms with Gasteiger partial charge in [-0.15, -0.1) is 0 Å². The van der Waals surface area contributed by atoms with Crippen LogP contribution < -0.4 is 19.5 Å². The highest BCUT2D eigenvalue weighted by molar-refractivity contribution is 5.74. The lowest BCUT2D eigenvalue weighted by Crippen LogP contribution is -2.43. The topological polar surface area (TPSA) is 103 Å². The van der Waals surface area contributed by atoms with Gasteiger partial charge in [-0.3, -0.25) is 4.90 Å². The number of likely N-dealkylation sites (N-methyl/N-ethyl adjacent to an activating group) is 1. The molecular weight excluding hydrogens is 589 g/mol. The van der Waals surface area contributed by atoms with Crippen LogP contribution in [0.25, 0.3) is 22.5 Å². The van der Waals surface area contributed by atoms with Crippen LogP contribution in [-0.2, 0) is 13.6 Å². The Morgan fingerprint density at radius 3 is 2.62 bits per heavy atom. The van der Waals surface area contributed by atoms with Crippen LogP contribution in [0.4, 0.5) is 24.8 Å². The summed E-state index contributed by atoms with van der Waals surface area (Å²) in [5.74, 6) is 2.65. The SMILES string of the molecule is C[C@H]1CCOc2c(cnn2C)-c2nccc(n2)Nc2cc(c(-c3ccc(CN4CCN(C)CC4)c(OCC(F)(F)F)c3)cn2)O1. The molecule has 0 saturated carbocycles. The molecule has 14 heteroatoms. The third-order valence-corrected chi connectivity index (χ3v) is 7.75. The highest BCUT2D eigenvalue weighted by Crippen LogP contribution is 2.37. The van der Waals surface area contributed by atoms with Crippen molar-refractivity contribution in [2.45, 2.75) is 32.2 Å². The number of nitrogens with zero attached hydrogens (tertiary/aromatic N) is 7. The highest BCUT2D eigenvalue weighted by atomic mass is 19.4. The zero-order valence-electron chi connectivity index (χ0n) is 25.3. The van der Waals surface area contributed by atoms with Crippen molar-refractivity contribution >= 4 is 11.6 Å². The fraction of sp³-hybridized carbons (Fsp3) is 0.419. The van der Waals surface area contributed by atoms with Gasteiger partial charge in [-0.25, -0.2) is 19.6 Å². The van der Waals surface area contributed by atoms with Gasteiger partial charge in [0.05, 0.1) is 18.9 Å². The van der Waals surface area contributed by atoms with Gasteiger partial charge in [0.2, 0.25) is 5.88 Å². The van der Waals surface area contributed by atoms with Gasteiger partial charge >= 0.3 is 6.18 Å². The number of benzene rings is 1. The third kappa shape index (κ3) is 7.45. The van der Waals surface area contributed by atoms with E-state index in [1.165, 1.54) is 0 Å². The molecule has 0 amide bonds. The molecule has 1 atom stereocenters. The molecule has 238 valence electrons. The number of hydrogen-bond donors (Lipinski definition) is 1. The van der Waals surface area contributed by atoms with Crippen molar-refractivity contribution in [2.24, 2.45) is 7.05 Å². The molecule has 0 radical (unpaired) electrons. The number of piperazine rings is 1. The molecular formula is C31H35F3N8O3. The molecule has 2 aliphatic heterocycles. The number of fused-ring (bicyclic) bond motifs is 6. The van der Waals surface area contributed by atoms with Gasteiger partial charge < -0.3 is 24.4 Å². The molecule has 3 aromatic heterocycles. The minimum atomic E-state index is -4.47. The van der Waals surface area contributed by atoms with Crippen LogP contribution in [0, 0.1) is 0 Å². The van der Waals surface area contributed by atoms with Crippen LogP contribution in [0.2, 0.25) is 0 Å². The fourth-order valence-electron chi connectivity index (χ4n) is 5.25. The number of anilines is 2. The number of aryl methyl sites for hydroxylation is 1. The van der Waals surface area contributed by atoms with Gasteiger partial charge in [-0.05, 0) is 31.7 Å². The molecule has 11 nitrogen and oxygen atoms in total. The van der Waals surface area contributed by atoms with E-state index in [1.54, 1.807) is 48.5 Å². The van der Waals surface area contributed by atoms with Gasteiger partial charge in [0.1, 0.15) is 28.7 Å². The predicted octanol–water partition coefficient (Wildman–Crippen LogP) is 4.92. The Balaban J connectivity index is 1.33. The number of ether oxygens (including phenoxy) is 3. The van der Waals surface area contributed by atoms with Crippen LogP contribution in [0.1, 0.15) is 18.9 Å². The summed E-state index contributed by atoms with van der Waals surface area (Å²) in [4.78, 5) is 18.1. The number of nitrogens with one attached hydrogen (secondary N) is 1. The molecule has 0 spiro atoms. The third-order valence-electron chi connectivity index (χ3n) is 7.75. The van der Waals surface area contributed by atoms with Crippen LogP contribution >= 0.6 is 0 Å². The maximum atomic E-state index is 13.2. The maximum Gasteiger partial charge on any atom is 0.422 e. The van der Waals surface area contributed by atoms with Crippen molar-refractivity contribution in [1.29, 1.82) is 0 Å². The molecule has 45 heavy (non-hydrogen) atoms. The predicted molar refractivity (Wildman–Crippen MR) is 162 cm³/mol. The van der Waals surface area contributed by atoms with Crippen molar-refractivity contribution in [3.8, 4) is 39.9 Å². The van der Waals surface area contributed by atoms with Crippen molar-refractivity contribution in [3.63, 3.8) is 0 Å². The van der Waals surface area contributed by atoms with E-state index in [0.717, 1.165) is 26.2 Å². The second-order valence-corrected chi connectivity index (χ2v) is 11.3. The fourth-order valence-corrected chi connectivity index (χ4v) is 5.25. The lowest BCUT2D eigenvalue weighted by molar-refractivity contribution is -0.153. The Morgan fingerprint density at radius 1 is 1.00 bits per heavy atom. The smallest absolute Gasteiger partial charge is 0.422 e. The Hall–Kier alpha value is -4.43. The van der Waals surface area contributed by atoms with Crippen molar-refractivity contribution in [3.05, 3.63) is 54.5 Å². The maximum absolute atomic E-state index is 13.2. The summed E-state index contributed by atoms with van der Waals surface area (Å²) in [7, 11) is 3.84. The summed E-state index contributed by atoms with van der Waals surface area (Å²) in [5.41, 5.74) is 2.59. The highest BCUT2D eigenvalue weighted by Gasteiger charge is 2.29. The molecule has 1 N–H and O–H groups in total. The number of hydrogen-bond acceptors (Lipinski definition) is 10. The van der Waals surface area contributed by atoms with E-state index < -0.39 is 12.8 Å². The minimum absolute atomic E-state index is 0.181. The van der Waals surface area contributed by atoms with Crippen LogP contribution in [0.3, 0.4) is 0 Å². The second-order valence-electron chi connectivity index (χ2n) is 11.3. The molecule has 1 saturated heterocycles. The Bertz CT molecular complexity index is 1640. The van der Waals surface area contributed by atoms with Crippen LogP contribution in [0.5, 0.6) is 17.4 Å². The standard InChI is InChI=1S/C31H35F3N8O3/c1-20-7-13-43-30-24(17-37-41(30)3)29-35-8-6-27(39-29)38-28-15-26(45-20)23(16-36-28)21-4-5-22(18-42-11-9-40(2)10-12-42)25(14-21)44-19-31(32,33)34/h4-6,8,14-17,20H,7,9-13,18-19H2,1-3H3,(H,35,36,38,39)/t20-/m0/s1. The second kappa shape index (κ2) is 12.9. The number of alkyl halides is 3. The van der Waals surface area contributed by atoms with Gasteiger partial charge in [-0.1, -0.05) is 12.1 Å². The number of halogens is 3. The Kier molecular flexibility index (Phi) is 8.76. The first-order valence-electron chi connectivity index (χ1n) is 14.8. The van der Waals surface area contributed by atoms with Crippen LogP contribution in [0.15, 0.2) is 48.9 Å². The van der Waals surface area contributed by atoms with E-state index in [9.17, 15) is 13.2 Å². The number of rotatable bonds is 5. The molecule has 0 aliphatic carbocycles. The quantitative estimate of drug-likeness (QED) is 0.329. The summed E-state index contributed by atoms with van der Waals surface area (Å²) in [5, 5.41) is 7.52. The Morgan fingerprint density at radius 2 is 1.82 bits per heavy atom. The van der Waals surface area contributed by atoms with Gasteiger partial charge in [0, 0.05) is 75.8 Å². The van der Waals surface area contributed by atoms with Crippen molar-refractivity contribution in [1.82, 2.24) is 34.5 Å². The monoisotopic (exact) mass is 624 g/mol. The first kappa shape index (κ1) is 30.6. The van der Waals surface area contributed by atoms with Gasteiger partial charge in [0.25, 0.3) is 0 Å². The molecule has 4 bridgehead atoms. The summed E-state index contributed by atoms with van der Waals surface area (Å²) in [6.45, 7) is 4.82. The zero-order chi connectivity index (χ0) is 31.6. The average Bonchev–Trinajstić information content (AvgIpc) is 3.37. The average molecular weight is 625 g/mol. The molecule has 1 aromatic carbocycles. The molecule has 0 unspecified atom stereocenters. The van der Waals surface area contributed by atoms with Gasteiger partial charge in [0.15, 0.2) is 12.4 Å². The number of pyridine rings is 1. The van der Waals surface area contributed by atoms with E-state index in [4.69, 9.17) is 14.2 Å².